The summed E-state index contributed by atoms with van der Waals surface area (Å²) in [5.74, 6) is -1.34. The molecule has 0 unspecified atom stereocenters. The van der Waals surface area contributed by atoms with Crippen LogP contribution in [0, 0.1) is 0 Å². The highest BCUT2D eigenvalue weighted by atomic mass is 32.2. The Balaban J connectivity index is 3.67. The van der Waals surface area contributed by atoms with Crippen LogP contribution in [0.3, 0.4) is 0 Å². The first kappa shape index (κ1) is 8.58. The molecule has 1 N–H and O–H groups in total. The molecule has 0 heterocycles. The second kappa shape index (κ2) is 2.93. The van der Waals surface area contributed by atoms with Gasteiger partial charge in [0.2, 0.25) is 0 Å². The average Bonchev–Trinajstić information content (AvgIpc) is 1.59. The largest absolute Gasteiger partial charge is 0.286 e. The van der Waals surface area contributed by atoms with Crippen molar-refractivity contribution in [1.82, 2.24) is 0 Å². The van der Waals surface area contributed by atoms with Crippen LogP contribution in [0.5, 0.6) is 0 Å². The minimum atomic E-state index is -4.02. The standard InChI is InChI=1S/C4H7FO3S/c1-4(5)2-3-9(6,7)8/h1-3H2,(H,6,7,8). The molecule has 54 valence electrons. The van der Waals surface area contributed by atoms with Gasteiger partial charge in [-0.25, -0.2) is 4.39 Å². The van der Waals surface area contributed by atoms with E-state index in [-0.39, 0.29) is 6.42 Å². The molecular formula is C4H7FO3S. The summed E-state index contributed by atoms with van der Waals surface area (Å²) in [6.45, 7) is 2.82. The predicted molar refractivity (Wildman–Crippen MR) is 31.3 cm³/mol. The maximum atomic E-state index is 11.7. The van der Waals surface area contributed by atoms with E-state index in [1.54, 1.807) is 0 Å². The van der Waals surface area contributed by atoms with E-state index in [1.165, 1.54) is 0 Å². The monoisotopic (exact) mass is 154 g/mol. The lowest BCUT2D eigenvalue weighted by molar-refractivity contribution is 0.479. The van der Waals surface area contributed by atoms with E-state index in [9.17, 15) is 12.8 Å². The molecule has 0 aliphatic rings. The Kier molecular flexibility index (Phi) is 2.80. The molecule has 0 aliphatic carbocycles. The SMILES string of the molecule is C=C(F)CCS(=O)(=O)O. The Hall–Kier alpha value is -0.420. The van der Waals surface area contributed by atoms with Crippen LogP contribution in [0.25, 0.3) is 0 Å². The number of hydrogen-bond acceptors (Lipinski definition) is 2. The Labute approximate surface area is 52.9 Å². The summed E-state index contributed by atoms with van der Waals surface area (Å²) < 4.78 is 39.5. The van der Waals surface area contributed by atoms with Crippen molar-refractivity contribution in [1.29, 1.82) is 0 Å². The summed E-state index contributed by atoms with van der Waals surface area (Å²) in [6.07, 6.45) is -0.334. The van der Waals surface area contributed by atoms with E-state index in [0.29, 0.717) is 0 Å². The van der Waals surface area contributed by atoms with Gasteiger partial charge in [0.05, 0.1) is 11.6 Å². The third kappa shape index (κ3) is 7.58. The van der Waals surface area contributed by atoms with Gasteiger partial charge in [0.15, 0.2) is 0 Å². The molecule has 0 rings (SSSR count). The molecule has 0 saturated heterocycles. The van der Waals surface area contributed by atoms with E-state index >= 15 is 0 Å². The van der Waals surface area contributed by atoms with E-state index in [2.05, 4.69) is 6.58 Å². The third-order valence-electron chi connectivity index (χ3n) is 0.631. The van der Waals surface area contributed by atoms with E-state index < -0.39 is 21.7 Å². The number of hydrogen-bond donors (Lipinski definition) is 1. The van der Waals surface area contributed by atoms with Gasteiger partial charge >= 0.3 is 0 Å². The zero-order valence-corrected chi connectivity index (χ0v) is 5.49. The maximum absolute atomic E-state index is 11.7. The van der Waals surface area contributed by atoms with Crippen molar-refractivity contribution in [2.75, 3.05) is 5.75 Å². The second-order valence-corrected chi connectivity index (χ2v) is 3.13. The van der Waals surface area contributed by atoms with Crippen molar-refractivity contribution in [3.8, 4) is 0 Å². The fourth-order valence-electron chi connectivity index (χ4n) is 0.240. The molecule has 0 fully saturated rings. The lowest BCUT2D eigenvalue weighted by atomic mass is 10.5. The van der Waals surface area contributed by atoms with Gasteiger partial charge in [-0.2, -0.15) is 8.42 Å². The Morgan fingerprint density at radius 2 is 2.11 bits per heavy atom. The average molecular weight is 154 g/mol. The Bertz CT molecular complexity index is 194. The van der Waals surface area contributed by atoms with Gasteiger partial charge in [0.1, 0.15) is 0 Å². The van der Waals surface area contributed by atoms with Crippen LogP contribution in [-0.2, 0) is 10.1 Å². The maximum Gasteiger partial charge on any atom is 0.265 e. The molecular weight excluding hydrogens is 147 g/mol. The normalized spacial score (nSPS) is 11.3. The summed E-state index contributed by atoms with van der Waals surface area (Å²) in [4.78, 5) is 0. The molecule has 0 aromatic heterocycles. The van der Waals surface area contributed by atoms with Gasteiger partial charge in [-0.05, 0) is 0 Å². The highest BCUT2D eigenvalue weighted by Crippen LogP contribution is 1.99. The molecule has 3 nitrogen and oxygen atoms in total. The zero-order chi connectivity index (χ0) is 7.49. The van der Waals surface area contributed by atoms with Gasteiger partial charge in [0, 0.05) is 6.42 Å². The van der Waals surface area contributed by atoms with Gasteiger partial charge in [-0.15, -0.1) is 0 Å². The van der Waals surface area contributed by atoms with Gasteiger partial charge in [-0.1, -0.05) is 6.58 Å². The predicted octanol–water partition coefficient (Wildman–Crippen LogP) is 0.748. The lowest BCUT2D eigenvalue weighted by Gasteiger charge is -1.91. The molecule has 0 aromatic carbocycles. The minimum absolute atomic E-state index is 0.334. The van der Waals surface area contributed by atoms with Crippen LogP contribution in [0.15, 0.2) is 12.4 Å². The first-order chi connectivity index (χ1) is 3.92. The van der Waals surface area contributed by atoms with Crippen molar-refractivity contribution >= 4 is 10.1 Å². The fraction of sp³-hybridized carbons (Fsp3) is 0.500. The van der Waals surface area contributed by atoms with Crippen molar-refractivity contribution in [3.05, 3.63) is 12.4 Å². The van der Waals surface area contributed by atoms with Crippen molar-refractivity contribution < 1.29 is 17.4 Å². The van der Waals surface area contributed by atoms with E-state index in [0.717, 1.165) is 0 Å². The highest BCUT2D eigenvalue weighted by Gasteiger charge is 2.03. The molecule has 5 heteroatoms. The summed E-state index contributed by atoms with van der Waals surface area (Å²) >= 11 is 0. The number of allylic oxidation sites excluding steroid dienone is 1. The van der Waals surface area contributed by atoms with Crippen LogP contribution in [0.1, 0.15) is 6.42 Å². The number of halogens is 1. The highest BCUT2D eigenvalue weighted by molar-refractivity contribution is 7.85. The molecule has 0 radical (unpaired) electrons. The van der Waals surface area contributed by atoms with Crippen molar-refractivity contribution in [2.45, 2.75) is 6.42 Å². The minimum Gasteiger partial charge on any atom is -0.286 e. The van der Waals surface area contributed by atoms with E-state index in [1.807, 2.05) is 0 Å². The van der Waals surface area contributed by atoms with Gasteiger partial charge in [-0.3, -0.25) is 4.55 Å². The Morgan fingerprint density at radius 3 is 2.22 bits per heavy atom. The van der Waals surface area contributed by atoms with Gasteiger partial charge in [0.25, 0.3) is 10.1 Å². The first-order valence-electron chi connectivity index (χ1n) is 2.20. The molecule has 0 saturated carbocycles. The fourth-order valence-corrected chi connectivity index (χ4v) is 0.719. The van der Waals surface area contributed by atoms with Crippen LogP contribution < -0.4 is 0 Å². The number of rotatable bonds is 3. The first-order valence-corrected chi connectivity index (χ1v) is 3.81. The van der Waals surface area contributed by atoms with Crippen LogP contribution in [0.4, 0.5) is 4.39 Å². The third-order valence-corrected chi connectivity index (χ3v) is 1.35. The van der Waals surface area contributed by atoms with Crippen molar-refractivity contribution in [2.24, 2.45) is 0 Å². The quantitative estimate of drug-likeness (QED) is 0.610. The molecule has 0 aliphatic heterocycles. The van der Waals surface area contributed by atoms with Crippen LogP contribution in [0.2, 0.25) is 0 Å². The lowest BCUT2D eigenvalue weighted by Crippen LogP contribution is -2.03. The summed E-state index contributed by atoms with van der Waals surface area (Å²) in [6, 6.07) is 0. The molecule has 0 atom stereocenters. The molecule has 0 amide bonds. The summed E-state index contributed by atoms with van der Waals surface area (Å²) in [7, 11) is -4.02. The Morgan fingerprint density at radius 1 is 1.67 bits per heavy atom. The summed E-state index contributed by atoms with van der Waals surface area (Å²) in [5, 5.41) is 0. The molecule has 0 aromatic rings. The zero-order valence-electron chi connectivity index (χ0n) is 4.67. The molecule has 0 bridgehead atoms. The van der Waals surface area contributed by atoms with Crippen LogP contribution in [-0.4, -0.2) is 18.7 Å². The van der Waals surface area contributed by atoms with Crippen molar-refractivity contribution in [3.63, 3.8) is 0 Å². The second-order valence-electron chi connectivity index (χ2n) is 1.55. The smallest absolute Gasteiger partial charge is 0.265 e. The molecule has 0 spiro atoms. The summed E-state index contributed by atoms with van der Waals surface area (Å²) in [5.41, 5.74) is 0. The van der Waals surface area contributed by atoms with E-state index in [4.69, 9.17) is 4.55 Å². The van der Waals surface area contributed by atoms with Gasteiger partial charge < -0.3 is 0 Å². The topological polar surface area (TPSA) is 54.4 Å². The van der Waals surface area contributed by atoms with Crippen LogP contribution >= 0.6 is 0 Å². The molecule has 9 heavy (non-hydrogen) atoms.